The van der Waals surface area contributed by atoms with Crippen LogP contribution >= 0.6 is 11.3 Å². The summed E-state index contributed by atoms with van der Waals surface area (Å²) in [5, 5.41) is 0.751. The molecule has 146 valence electrons. The number of carbonyl (C=O) groups is 1. The van der Waals surface area contributed by atoms with E-state index >= 15 is 0 Å². The maximum absolute atomic E-state index is 12.6. The van der Waals surface area contributed by atoms with Crippen molar-refractivity contribution in [3.63, 3.8) is 0 Å². The van der Waals surface area contributed by atoms with Gasteiger partial charge in [0, 0.05) is 11.3 Å². The molecule has 0 saturated heterocycles. The van der Waals surface area contributed by atoms with E-state index in [2.05, 4.69) is 9.97 Å². The van der Waals surface area contributed by atoms with Crippen LogP contribution in [0, 0.1) is 13.8 Å². The molecule has 1 aromatic carbocycles. The van der Waals surface area contributed by atoms with Crippen LogP contribution in [-0.2, 0) is 35.4 Å². The summed E-state index contributed by atoms with van der Waals surface area (Å²) < 4.78 is 5.41. The molecule has 0 bridgehead atoms. The number of hydrogen-bond donors (Lipinski definition) is 1. The van der Waals surface area contributed by atoms with Gasteiger partial charge in [-0.3, -0.25) is 9.59 Å². The van der Waals surface area contributed by atoms with Gasteiger partial charge in [0.2, 0.25) is 0 Å². The number of carbonyl (C=O) groups excluding carboxylic acids is 1. The van der Waals surface area contributed by atoms with Crippen molar-refractivity contribution in [3.8, 4) is 0 Å². The Bertz CT molecular complexity index is 1100. The van der Waals surface area contributed by atoms with Crippen molar-refractivity contribution in [2.75, 3.05) is 0 Å². The number of thiophene rings is 1. The van der Waals surface area contributed by atoms with Gasteiger partial charge in [-0.2, -0.15) is 0 Å². The number of aromatic nitrogens is 2. The minimum absolute atomic E-state index is 0.0804. The van der Waals surface area contributed by atoms with Crippen molar-refractivity contribution >= 4 is 27.5 Å². The molecule has 0 fully saturated rings. The topological polar surface area (TPSA) is 72.0 Å². The Balaban J connectivity index is 1.42. The number of aryl methyl sites for hydroxylation is 5. The molecule has 1 aliphatic carbocycles. The van der Waals surface area contributed by atoms with E-state index in [1.165, 1.54) is 16.9 Å². The van der Waals surface area contributed by atoms with E-state index < -0.39 is 0 Å². The summed E-state index contributed by atoms with van der Waals surface area (Å²) in [7, 11) is 0. The number of ether oxygens (including phenoxy) is 1. The van der Waals surface area contributed by atoms with Crippen LogP contribution in [0.3, 0.4) is 0 Å². The summed E-state index contributed by atoms with van der Waals surface area (Å²) in [6.07, 6.45) is 4.88. The molecule has 4 rings (SSSR count). The number of nitrogens with one attached hydrogen (secondary N) is 1. The summed E-state index contributed by atoms with van der Waals surface area (Å²) >= 11 is 1.63. The molecule has 0 aliphatic heterocycles. The summed E-state index contributed by atoms with van der Waals surface area (Å²) in [5.41, 5.74) is 4.37. The quantitative estimate of drug-likeness (QED) is 0.658. The number of H-pyrrole nitrogens is 1. The van der Waals surface area contributed by atoms with Crippen LogP contribution in [0.1, 0.15) is 52.2 Å². The van der Waals surface area contributed by atoms with Crippen molar-refractivity contribution in [2.45, 2.75) is 59.0 Å². The molecule has 3 aromatic rings. The number of esters is 1. The normalized spacial score (nSPS) is 13.5. The van der Waals surface area contributed by atoms with Crippen molar-refractivity contribution in [1.82, 2.24) is 9.97 Å². The fourth-order valence-corrected chi connectivity index (χ4v) is 5.01. The Morgan fingerprint density at radius 2 is 2.07 bits per heavy atom. The smallest absolute Gasteiger partial charge is 0.306 e. The maximum atomic E-state index is 12.6. The zero-order chi connectivity index (χ0) is 19.7. The fraction of sp³-hybridized carbons (Fsp3) is 0.409. The second-order valence-electron chi connectivity index (χ2n) is 7.49. The molecule has 0 radical (unpaired) electrons. The van der Waals surface area contributed by atoms with Gasteiger partial charge < -0.3 is 9.72 Å². The fourth-order valence-electron chi connectivity index (χ4n) is 3.73. The van der Waals surface area contributed by atoms with Crippen molar-refractivity contribution < 1.29 is 9.53 Å². The van der Waals surface area contributed by atoms with E-state index in [0.29, 0.717) is 12.2 Å². The zero-order valence-electron chi connectivity index (χ0n) is 16.3. The lowest BCUT2D eigenvalue weighted by Crippen LogP contribution is -2.14. The largest absolute Gasteiger partial charge is 0.461 e. The van der Waals surface area contributed by atoms with Gasteiger partial charge in [-0.05, 0) is 56.2 Å². The van der Waals surface area contributed by atoms with Crippen LogP contribution in [0.15, 0.2) is 23.0 Å². The summed E-state index contributed by atoms with van der Waals surface area (Å²) in [5.74, 6) is 0.272. The molecule has 0 amide bonds. The molecule has 0 unspecified atom stereocenters. The average molecular weight is 397 g/mol. The van der Waals surface area contributed by atoms with E-state index in [1.807, 2.05) is 32.0 Å². The van der Waals surface area contributed by atoms with Gasteiger partial charge in [0.25, 0.3) is 5.56 Å². The molecule has 28 heavy (non-hydrogen) atoms. The molecule has 6 heteroatoms. The molecule has 0 spiro atoms. The average Bonchev–Trinajstić information content (AvgIpc) is 3.06. The maximum Gasteiger partial charge on any atom is 0.306 e. The monoisotopic (exact) mass is 396 g/mol. The summed E-state index contributed by atoms with van der Waals surface area (Å²) in [4.78, 5) is 34.3. The van der Waals surface area contributed by atoms with Crippen molar-refractivity contribution in [3.05, 3.63) is 61.5 Å². The van der Waals surface area contributed by atoms with Crippen LogP contribution in [0.4, 0.5) is 0 Å². The van der Waals surface area contributed by atoms with Crippen molar-refractivity contribution in [2.24, 2.45) is 0 Å². The van der Waals surface area contributed by atoms with Crippen LogP contribution < -0.4 is 5.56 Å². The van der Waals surface area contributed by atoms with Gasteiger partial charge in [0.15, 0.2) is 0 Å². The zero-order valence-corrected chi connectivity index (χ0v) is 17.1. The predicted octanol–water partition coefficient (Wildman–Crippen LogP) is 4.16. The van der Waals surface area contributed by atoms with Crippen LogP contribution in [0.2, 0.25) is 0 Å². The standard InChI is InChI=1S/C22H24N2O3S/c1-13-7-8-14(2)15(11-13)12-27-19(25)10-9-18-23-21(26)20-16-5-3-4-6-17(16)28-22(20)24-18/h7-8,11H,3-6,9-10,12H2,1-2H3,(H,23,24,26). The minimum atomic E-state index is -0.283. The second-order valence-corrected chi connectivity index (χ2v) is 8.58. The van der Waals surface area contributed by atoms with Gasteiger partial charge in [-0.15, -0.1) is 11.3 Å². The highest BCUT2D eigenvalue weighted by Gasteiger charge is 2.20. The van der Waals surface area contributed by atoms with E-state index in [0.717, 1.165) is 46.2 Å². The third-order valence-corrected chi connectivity index (χ3v) is 6.52. The van der Waals surface area contributed by atoms with Gasteiger partial charge in [0.1, 0.15) is 17.3 Å². The van der Waals surface area contributed by atoms with E-state index in [4.69, 9.17) is 4.74 Å². The molecule has 0 saturated carbocycles. The van der Waals surface area contributed by atoms with Crippen LogP contribution in [-0.4, -0.2) is 15.9 Å². The first-order valence-corrected chi connectivity index (χ1v) is 10.6. The van der Waals surface area contributed by atoms with E-state index in [9.17, 15) is 9.59 Å². The minimum Gasteiger partial charge on any atom is -0.461 e. The first kappa shape index (κ1) is 18.9. The van der Waals surface area contributed by atoms with Crippen LogP contribution in [0.25, 0.3) is 10.2 Å². The highest BCUT2D eigenvalue weighted by Crippen LogP contribution is 2.33. The number of nitrogens with zero attached hydrogens (tertiary/aromatic N) is 1. The molecule has 2 aromatic heterocycles. The highest BCUT2D eigenvalue weighted by molar-refractivity contribution is 7.18. The van der Waals surface area contributed by atoms with Crippen molar-refractivity contribution in [1.29, 1.82) is 0 Å². The van der Waals surface area contributed by atoms with Gasteiger partial charge >= 0.3 is 5.97 Å². The highest BCUT2D eigenvalue weighted by atomic mass is 32.1. The third kappa shape index (κ3) is 3.87. The number of fused-ring (bicyclic) bond motifs is 3. The van der Waals surface area contributed by atoms with Gasteiger partial charge in [-0.25, -0.2) is 4.98 Å². The number of hydrogen-bond acceptors (Lipinski definition) is 5. The third-order valence-electron chi connectivity index (χ3n) is 5.33. The Labute approximate surface area is 167 Å². The lowest BCUT2D eigenvalue weighted by Gasteiger charge is -2.09. The summed E-state index contributed by atoms with van der Waals surface area (Å²) in [6.45, 7) is 4.30. The SMILES string of the molecule is Cc1ccc(C)c(COC(=O)CCc2nc3sc4c(c3c(=O)[nH]2)CCCC4)c1. The van der Waals surface area contributed by atoms with Crippen LogP contribution in [0.5, 0.6) is 0 Å². The first-order valence-electron chi connectivity index (χ1n) is 9.76. The number of benzene rings is 1. The molecule has 1 aliphatic rings. The lowest BCUT2D eigenvalue weighted by molar-refractivity contribution is -0.144. The van der Waals surface area contributed by atoms with E-state index in [-0.39, 0.29) is 24.6 Å². The number of rotatable bonds is 5. The second kappa shape index (κ2) is 7.87. The Hall–Kier alpha value is -2.47. The summed E-state index contributed by atoms with van der Waals surface area (Å²) in [6, 6.07) is 6.11. The lowest BCUT2D eigenvalue weighted by atomic mass is 9.97. The first-order chi connectivity index (χ1) is 13.5. The molecule has 0 atom stereocenters. The van der Waals surface area contributed by atoms with Gasteiger partial charge in [0.05, 0.1) is 11.8 Å². The Kier molecular flexibility index (Phi) is 5.31. The predicted molar refractivity (Wildman–Crippen MR) is 111 cm³/mol. The van der Waals surface area contributed by atoms with E-state index in [1.54, 1.807) is 11.3 Å². The molecule has 2 heterocycles. The molecule has 5 nitrogen and oxygen atoms in total. The molecular weight excluding hydrogens is 372 g/mol. The molecule has 1 N–H and O–H groups in total. The Morgan fingerprint density at radius 1 is 1.25 bits per heavy atom. The molecular formula is C22H24N2O3S. The number of aromatic amines is 1. The Morgan fingerprint density at radius 3 is 2.93 bits per heavy atom. The van der Waals surface area contributed by atoms with Gasteiger partial charge in [-0.1, -0.05) is 23.8 Å².